The minimum Gasteiger partial charge on any atom is -0.485 e. The second-order valence-corrected chi connectivity index (χ2v) is 3.74. The Morgan fingerprint density at radius 1 is 1.07 bits per heavy atom. The standard InChI is InChI=1S/C14H11O/c1-2-6-11(7-3-1)14-10-12-8-4-5-9-13(12)15-14/h1-6,8-9,14H,10H2. The van der Waals surface area contributed by atoms with Crippen LogP contribution in [0.4, 0.5) is 0 Å². The average molecular weight is 195 g/mol. The molecule has 0 amide bonds. The topological polar surface area (TPSA) is 9.23 Å². The van der Waals surface area contributed by atoms with Crippen LogP contribution in [0.2, 0.25) is 0 Å². The molecule has 0 saturated heterocycles. The molecule has 1 radical (unpaired) electrons. The number of hydrogen-bond donors (Lipinski definition) is 0. The maximum Gasteiger partial charge on any atom is 0.128 e. The van der Waals surface area contributed by atoms with Gasteiger partial charge in [0.05, 0.1) is 0 Å². The minimum absolute atomic E-state index is 0.142. The summed E-state index contributed by atoms with van der Waals surface area (Å²) in [6.45, 7) is 0. The number of para-hydroxylation sites is 1. The highest BCUT2D eigenvalue weighted by atomic mass is 16.5. The Labute approximate surface area is 89.3 Å². The zero-order chi connectivity index (χ0) is 10.1. The highest BCUT2D eigenvalue weighted by Crippen LogP contribution is 2.35. The zero-order valence-electron chi connectivity index (χ0n) is 8.31. The molecule has 1 nitrogen and oxygen atoms in total. The number of ether oxygens (including phenoxy) is 1. The van der Waals surface area contributed by atoms with Gasteiger partial charge in [0.2, 0.25) is 0 Å². The second kappa shape index (κ2) is 3.43. The molecule has 2 aromatic carbocycles. The largest absolute Gasteiger partial charge is 0.485 e. The van der Waals surface area contributed by atoms with Gasteiger partial charge in [0.1, 0.15) is 11.9 Å². The van der Waals surface area contributed by atoms with Gasteiger partial charge in [-0.15, -0.1) is 0 Å². The summed E-state index contributed by atoms with van der Waals surface area (Å²) in [6, 6.07) is 19.4. The third kappa shape index (κ3) is 1.50. The summed E-state index contributed by atoms with van der Waals surface area (Å²) in [5.41, 5.74) is 2.42. The van der Waals surface area contributed by atoms with Crippen molar-refractivity contribution in [2.75, 3.05) is 0 Å². The third-order valence-electron chi connectivity index (χ3n) is 2.73. The molecule has 73 valence electrons. The predicted octanol–water partition coefficient (Wildman–Crippen LogP) is 3.16. The molecule has 0 bridgehead atoms. The van der Waals surface area contributed by atoms with Crippen molar-refractivity contribution < 1.29 is 4.74 Å². The molecule has 0 aliphatic carbocycles. The number of fused-ring (bicyclic) bond motifs is 1. The van der Waals surface area contributed by atoms with Gasteiger partial charge in [0.15, 0.2) is 0 Å². The first-order valence-electron chi connectivity index (χ1n) is 5.15. The predicted molar refractivity (Wildman–Crippen MR) is 58.8 cm³/mol. The fraction of sp³-hybridized carbons (Fsp3) is 0.143. The zero-order valence-corrected chi connectivity index (χ0v) is 8.31. The van der Waals surface area contributed by atoms with Crippen LogP contribution < -0.4 is 4.74 Å². The molecule has 1 aliphatic rings. The fourth-order valence-corrected chi connectivity index (χ4v) is 1.96. The van der Waals surface area contributed by atoms with Gasteiger partial charge in [-0.3, -0.25) is 0 Å². The van der Waals surface area contributed by atoms with E-state index in [0.717, 1.165) is 17.7 Å². The average Bonchev–Trinajstić information content (AvgIpc) is 2.74. The van der Waals surface area contributed by atoms with Gasteiger partial charge < -0.3 is 4.74 Å². The smallest absolute Gasteiger partial charge is 0.128 e. The Hall–Kier alpha value is -1.76. The van der Waals surface area contributed by atoms with Crippen molar-refractivity contribution >= 4 is 0 Å². The van der Waals surface area contributed by atoms with Crippen LogP contribution in [0.15, 0.2) is 48.5 Å². The van der Waals surface area contributed by atoms with Crippen LogP contribution in [0.1, 0.15) is 17.2 Å². The third-order valence-corrected chi connectivity index (χ3v) is 2.73. The number of hydrogen-bond acceptors (Lipinski definition) is 1. The van der Waals surface area contributed by atoms with Crippen molar-refractivity contribution in [3.05, 3.63) is 65.7 Å². The van der Waals surface area contributed by atoms with E-state index in [1.165, 1.54) is 5.56 Å². The molecule has 0 spiro atoms. The van der Waals surface area contributed by atoms with Gasteiger partial charge in [0.25, 0.3) is 0 Å². The monoisotopic (exact) mass is 195 g/mol. The van der Waals surface area contributed by atoms with Crippen LogP contribution in [0.5, 0.6) is 5.75 Å². The van der Waals surface area contributed by atoms with Crippen LogP contribution in [0.25, 0.3) is 0 Å². The van der Waals surface area contributed by atoms with Crippen molar-refractivity contribution in [2.45, 2.75) is 12.5 Å². The molecule has 1 heterocycles. The molecule has 15 heavy (non-hydrogen) atoms. The summed E-state index contributed by atoms with van der Waals surface area (Å²) in [7, 11) is 0. The van der Waals surface area contributed by atoms with Crippen molar-refractivity contribution in [1.82, 2.24) is 0 Å². The molecule has 0 saturated carbocycles. The lowest BCUT2D eigenvalue weighted by Crippen LogP contribution is -2.02. The Morgan fingerprint density at radius 3 is 2.73 bits per heavy atom. The first kappa shape index (κ1) is 8.54. The fourth-order valence-electron chi connectivity index (χ4n) is 1.96. The first-order chi connectivity index (χ1) is 7.43. The van der Waals surface area contributed by atoms with Gasteiger partial charge in [-0.1, -0.05) is 42.5 Å². The van der Waals surface area contributed by atoms with E-state index in [4.69, 9.17) is 4.74 Å². The van der Waals surface area contributed by atoms with Gasteiger partial charge in [0, 0.05) is 12.0 Å². The molecule has 1 atom stereocenters. The Balaban J connectivity index is 1.91. The highest BCUT2D eigenvalue weighted by Gasteiger charge is 2.23. The van der Waals surface area contributed by atoms with Crippen molar-refractivity contribution in [2.24, 2.45) is 0 Å². The lowest BCUT2D eigenvalue weighted by molar-refractivity contribution is 0.238. The maximum atomic E-state index is 5.86. The molecule has 0 fully saturated rings. The minimum atomic E-state index is 0.142. The summed E-state index contributed by atoms with van der Waals surface area (Å²) in [4.78, 5) is 0. The van der Waals surface area contributed by atoms with E-state index >= 15 is 0 Å². The molecule has 1 unspecified atom stereocenters. The van der Waals surface area contributed by atoms with Crippen LogP contribution in [-0.2, 0) is 6.42 Å². The molecule has 0 N–H and O–H groups in total. The molecule has 0 aromatic heterocycles. The van der Waals surface area contributed by atoms with Crippen molar-refractivity contribution in [1.29, 1.82) is 0 Å². The van der Waals surface area contributed by atoms with E-state index in [1.54, 1.807) is 0 Å². The molecule has 1 aliphatic heterocycles. The van der Waals surface area contributed by atoms with E-state index in [-0.39, 0.29) is 6.10 Å². The van der Waals surface area contributed by atoms with Crippen LogP contribution >= 0.6 is 0 Å². The Morgan fingerprint density at radius 2 is 1.93 bits per heavy atom. The maximum absolute atomic E-state index is 5.86. The van der Waals surface area contributed by atoms with Gasteiger partial charge in [-0.2, -0.15) is 0 Å². The van der Waals surface area contributed by atoms with E-state index in [1.807, 2.05) is 30.3 Å². The second-order valence-electron chi connectivity index (χ2n) is 3.74. The molecule has 3 rings (SSSR count). The molecule has 2 aromatic rings. The highest BCUT2D eigenvalue weighted by molar-refractivity contribution is 5.39. The van der Waals surface area contributed by atoms with Gasteiger partial charge >= 0.3 is 0 Å². The molecular weight excluding hydrogens is 184 g/mol. The Bertz CT molecular complexity index is 437. The number of rotatable bonds is 1. The van der Waals surface area contributed by atoms with Crippen LogP contribution in [-0.4, -0.2) is 0 Å². The van der Waals surface area contributed by atoms with E-state index < -0.39 is 0 Å². The quantitative estimate of drug-likeness (QED) is 0.679. The summed E-state index contributed by atoms with van der Waals surface area (Å²) in [5.74, 6) is 1.01. The van der Waals surface area contributed by atoms with Gasteiger partial charge in [-0.05, 0) is 17.7 Å². The normalized spacial score (nSPS) is 18.3. The van der Waals surface area contributed by atoms with Gasteiger partial charge in [-0.25, -0.2) is 0 Å². The van der Waals surface area contributed by atoms with Crippen molar-refractivity contribution in [3.8, 4) is 5.75 Å². The van der Waals surface area contributed by atoms with E-state index in [2.05, 4.69) is 24.3 Å². The van der Waals surface area contributed by atoms with E-state index in [0.29, 0.717) is 0 Å². The van der Waals surface area contributed by atoms with E-state index in [9.17, 15) is 0 Å². The summed E-state index contributed by atoms with van der Waals surface area (Å²) < 4.78 is 5.86. The summed E-state index contributed by atoms with van der Waals surface area (Å²) >= 11 is 0. The van der Waals surface area contributed by atoms with Crippen LogP contribution in [0.3, 0.4) is 0 Å². The Kier molecular flexibility index (Phi) is 1.95. The number of benzene rings is 2. The van der Waals surface area contributed by atoms with Crippen LogP contribution in [0, 0.1) is 6.07 Å². The lowest BCUT2D eigenvalue weighted by atomic mass is 10.0. The lowest BCUT2D eigenvalue weighted by Gasteiger charge is -2.09. The van der Waals surface area contributed by atoms with Crippen molar-refractivity contribution in [3.63, 3.8) is 0 Å². The molecular formula is C14H11O. The summed E-state index contributed by atoms with van der Waals surface area (Å²) in [6.07, 6.45) is 1.10. The molecule has 1 heteroatoms. The summed E-state index contributed by atoms with van der Waals surface area (Å²) in [5, 5.41) is 0. The first-order valence-corrected chi connectivity index (χ1v) is 5.15. The SMILES string of the molecule is [c]1ccccc1C1Cc2ccccc2O1.